The Morgan fingerprint density at radius 1 is 0.900 bits per heavy atom. The summed E-state index contributed by atoms with van der Waals surface area (Å²) in [6.45, 7) is 0.122. The molecule has 0 unspecified atom stereocenters. The number of urea groups is 1. The number of rotatable bonds is 5. The van der Waals surface area contributed by atoms with Crippen molar-refractivity contribution in [1.29, 1.82) is 0 Å². The van der Waals surface area contributed by atoms with E-state index in [1.54, 1.807) is 67.8 Å². The van der Waals surface area contributed by atoms with Gasteiger partial charge in [0.25, 0.3) is 10.0 Å². The van der Waals surface area contributed by atoms with E-state index >= 15 is 0 Å². The second-order valence-corrected chi connectivity index (χ2v) is 9.09. The summed E-state index contributed by atoms with van der Waals surface area (Å²) in [5, 5.41) is 0.549. The molecule has 3 aromatic carbocycles. The van der Waals surface area contributed by atoms with Gasteiger partial charge in [0.05, 0.1) is 25.9 Å². The number of fused-ring (bicyclic) bond motifs is 1. The lowest BCUT2D eigenvalue weighted by atomic mass is 10.2. The van der Waals surface area contributed by atoms with Crippen molar-refractivity contribution in [2.24, 2.45) is 0 Å². The number of methoxy groups -OCH3 is 1. The average Bonchev–Trinajstić information content (AvgIpc) is 2.75. The van der Waals surface area contributed by atoms with E-state index in [1.165, 1.54) is 11.0 Å². The monoisotopic (exact) mass is 442 g/mol. The average molecular weight is 443 g/mol. The number of carbonyl (C=O) groups excluding carboxylic acids is 1. The molecule has 0 saturated carbocycles. The van der Waals surface area contributed by atoms with Crippen LogP contribution in [0.2, 0.25) is 5.02 Å². The number of anilines is 1. The summed E-state index contributed by atoms with van der Waals surface area (Å²) >= 11 is 6.09. The van der Waals surface area contributed by atoms with Gasteiger partial charge in [0, 0.05) is 5.02 Å². The standard InChI is InChI=1S/C22H19ClN2O4S/c1-29-19-11-9-16(10-12-19)15-25-22(26)24(14-17-5-4-6-18(23)13-17)20-7-2-3-8-21(20)30(25,27)28/h2-13H,14-15H2,1H3. The van der Waals surface area contributed by atoms with Gasteiger partial charge in [-0.1, -0.05) is 48.0 Å². The number of hydrogen-bond acceptors (Lipinski definition) is 4. The van der Waals surface area contributed by atoms with Crippen LogP contribution in [0.1, 0.15) is 11.1 Å². The highest BCUT2D eigenvalue weighted by atomic mass is 35.5. The van der Waals surface area contributed by atoms with Crippen LogP contribution in [0.3, 0.4) is 0 Å². The molecule has 154 valence electrons. The SMILES string of the molecule is COc1ccc(CN2C(=O)N(Cc3cccc(Cl)c3)c3ccccc3S2(=O)=O)cc1. The molecule has 8 heteroatoms. The van der Waals surface area contributed by atoms with Gasteiger partial charge in [0.1, 0.15) is 10.6 Å². The largest absolute Gasteiger partial charge is 0.497 e. The smallest absolute Gasteiger partial charge is 0.339 e. The number of carbonyl (C=O) groups is 1. The Morgan fingerprint density at radius 3 is 2.33 bits per heavy atom. The van der Waals surface area contributed by atoms with Gasteiger partial charge < -0.3 is 4.74 Å². The molecule has 0 aliphatic carbocycles. The van der Waals surface area contributed by atoms with Gasteiger partial charge in [0.2, 0.25) is 0 Å². The lowest BCUT2D eigenvalue weighted by molar-refractivity contribution is 0.226. The van der Waals surface area contributed by atoms with Crippen LogP contribution in [-0.4, -0.2) is 25.9 Å². The Morgan fingerprint density at radius 2 is 1.63 bits per heavy atom. The van der Waals surface area contributed by atoms with Crippen LogP contribution in [-0.2, 0) is 23.1 Å². The predicted octanol–water partition coefficient (Wildman–Crippen LogP) is 4.68. The van der Waals surface area contributed by atoms with Crippen molar-refractivity contribution in [2.45, 2.75) is 18.0 Å². The molecule has 4 rings (SSSR count). The molecule has 6 nitrogen and oxygen atoms in total. The number of para-hydroxylation sites is 1. The fourth-order valence-corrected chi connectivity index (χ4v) is 5.14. The van der Waals surface area contributed by atoms with Gasteiger partial charge in [0.15, 0.2) is 0 Å². The number of halogens is 1. The highest BCUT2D eigenvalue weighted by Gasteiger charge is 2.41. The maximum absolute atomic E-state index is 13.3. The van der Waals surface area contributed by atoms with E-state index in [0.29, 0.717) is 22.0 Å². The van der Waals surface area contributed by atoms with Crippen LogP contribution in [0.5, 0.6) is 5.75 Å². The summed E-state index contributed by atoms with van der Waals surface area (Å²) < 4.78 is 32.5. The zero-order valence-corrected chi connectivity index (χ0v) is 17.7. The molecule has 0 radical (unpaired) electrons. The Hall–Kier alpha value is -3.03. The summed E-state index contributed by atoms with van der Waals surface area (Å²) in [6, 6.07) is 20.0. The van der Waals surface area contributed by atoms with E-state index in [-0.39, 0.29) is 18.0 Å². The van der Waals surface area contributed by atoms with Crippen molar-refractivity contribution in [3.05, 3.63) is 88.9 Å². The molecule has 1 aliphatic rings. The van der Waals surface area contributed by atoms with Crippen molar-refractivity contribution >= 4 is 33.3 Å². The van der Waals surface area contributed by atoms with Crippen LogP contribution in [0.25, 0.3) is 0 Å². The molecule has 0 saturated heterocycles. The van der Waals surface area contributed by atoms with Gasteiger partial charge >= 0.3 is 6.03 Å². The van der Waals surface area contributed by atoms with Gasteiger partial charge in [-0.25, -0.2) is 17.5 Å². The fourth-order valence-electron chi connectivity index (χ4n) is 3.38. The predicted molar refractivity (Wildman–Crippen MR) is 115 cm³/mol. The maximum Gasteiger partial charge on any atom is 0.339 e. The minimum Gasteiger partial charge on any atom is -0.497 e. The molecule has 0 atom stereocenters. The van der Waals surface area contributed by atoms with Crippen molar-refractivity contribution in [3.8, 4) is 5.75 Å². The molecule has 30 heavy (non-hydrogen) atoms. The molecule has 1 heterocycles. The number of ether oxygens (including phenoxy) is 1. The first-order valence-electron chi connectivity index (χ1n) is 9.21. The first-order valence-corrected chi connectivity index (χ1v) is 11.0. The minimum atomic E-state index is -3.99. The maximum atomic E-state index is 13.3. The van der Waals surface area contributed by atoms with Crippen LogP contribution >= 0.6 is 11.6 Å². The summed E-state index contributed by atoms with van der Waals surface area (Å²) in [7, 11) is -2.44. The van der Waals surface area contributed by atoms with Crippen molar-refractivity contribution in [2.75, 3.05) is 12.0 Å². The van der Waals surface area contributed by atoms with Crippen LogP contribution in [0, 0.1) is 0 Å². The molecular weight excluding hydrogens is 424 g/mol. The number of sulfonamides is 1. The van der Waals surface area contributed by atoms with Crippen molar-refractivity contribution < 1.29 is 17.9 Å². The van der Waals surface area contributed by atoms with Crippen molar-refractivity contribution in [3.63, 3.8) is 0 Å². The fraction of sp³-hybridized carbons (Fsp3) is 0.136. The highest BCUT2D eigenvalue weighted by molar-refractivity contribution is 7.90. The van der Waals surface area contributed by atoms with E-state index < -0.39 is 16.1 Å². The van der Waals surface area contributed by atoms with E-state index in [0.717, 1.165) is 9.87 Å². The molecule has 2 amide bonds. The van der Waals surface area contributed by atoms with Gasteiger partial charge in [-0.05, 0) is 47.5 Å². The molecule has 0 spiro atoms. The quantitative estimate of drug-likeness (QED) is 0.575. The Balaban J connectivity index is 1.74. The summed E-state index contributed by atoms with van der Waals surface area (Å²) in [5.41, 5.74) is 1.83. The second kappa shape index (κ2) is 8.01. The Labute approximate surface area is 180 Å². The highest BCUT2D eigenvalue weighted by Crippen LogP contribution is 2.36. The molecule has 0 aromatic heterocycles. The van der Waals surface area contributed by atoms with Crippen LogP contribution < -0.4 is 9.64 Å². The normalized spacial score (nSPS) is 15.1. The molecule has 0 fully saturated rings. The summed E-state index contributed by atoms with van der Waals surface area (Å²) in [6.07, 6.45) is 0. The van der Waals surface area contributed by atoms with Crippen LogP contribution in [0.15, 0.2) is 77.7 Å². The summed E-state index contributed by atoms with van der Waals surface area (Å²) in [5.74, 6) is 0.652. The number of nitrogens with zero attached hydrogens (tertiary/aromatic N) is 2. The topological polar surface area (TPSA) is 66.9 Å². The first-order chi connectivity index (χ1) is 14.4. The molecule has 3 aromatic rings. The number of hydrogen-bond donors (Lipinski definition) is 0. The number of benzene rings is 3. The second-order valence-electron chi connectivity index (χ2n) is 6.83. The zero-order valence-electron chi connectivity index (χ0n) is 16.2. The molecular formula is C22H19ClN2O4S. The lowest BCUT2D eigenvalue weighted by Crippen LogP contribution is -2.49. The summed E-state index contributed by atoms with van der Waals surface area (Å²) in [4.78, 5) is 14.9. The van der Waals surface area contributed by atoms with Crippen molar-refractivity contribution in [1.82, 2.24) is 4.31 Å². The van der Waals surface area contributed by atoms with Gasteiger partial charge in [-0.2, -0.15) is 0 Å². The van der Waals surface area contributed by atoms with Gasteiger partial charge in [-0.15, -0.1) is 0 Å². The molecule has 0 bridgehead atoms. The van der Waals surface area contributed by atoms with E-state index in [4.69, 9.17) is 16.3 Å². The van der Waals surface area contributed by atoms with E-state index in [1.807, 2.05) is 6.07 Å². The van der Waals surface area contributed by atoms with Gasteiger partial charge in [-0.3, -0.25) is 4.90 Å². The first kappa shape index (κ1) is 20.3. The molecule has 1 aliphatic heterocycles. The molecule has 0 N–H and O–H groups in total. The Kier molecular flexibility index (Phi) is 5.40. The third-order valence-corrected chi connectivity index (χ3v) is 6.88. The van der Waals surface area contributed by atoms with Crippen LogP contribution in [0.4, 0.5) is 10.5 Å². The third kappa shape index (κ3) is 3.74. The van der Waals surface area contributed by atoms with E-state index in [2.05, 4.69) is 0 Å². The lowest BCUT2D eigenvalue weighted by Gasteiger charge is -2.36. The Bertz CT molecular complexity index is 1200. The third-order valence-electron chi connectivity index (χ3n) is 4.88. The van der Waals surface area contributed by atoms with E-state index in [9.17, 15) is 13.2 Å². The minimum absolute atomic E-state index is 0.0778. The number of amides is 2. The zero-order chi connectivity index (χ0) is 21.3.